The van der Waals surface area contributed by atoms with Gasteiger partial charge < -0.3 is 10.1 Å². The Labute approximate surface area is 95.3 Å². The highest BCUT2D eigenvalue weighted by Crippen LogP contribution is 2.30. The number of benzene rings is 1. The molecule has 1 aromatic carbocycles. The lowest BCUT2D eigenvalue weighted by Crippen LogP contribution is -2.34. The van der Waals surface area contributed by atoms with Crippen LogP contribution in [0.1, 0.15) is 11.7 Å². The molecule has 0 bridgehead atoms. The van der Waals surface area contributed by atoms with Gasteiger partial charge in [0, 0.05) is 13.1 Å². The third-order valence-corrected chi connectivity index (χ3v) is 2.67. The molecular formula is C10H9ClF3NO. The summed E-state index contributed by atoms with van der Waals surface area (Å²) in [5.41, 5.74) is -0.447. The molecule has 1 aliphatic rings. The molecule has 16 heavy (non-hydrogen) atoms. The Morgan fingerprint density at radius 3 is 2.69 bits per heavy atom. The number of morpholine rings is 1. The molecule has 1 aromatic rings. The van der Waals surface area contributed by atoms with Crippen molar-refractivity contribution in [2.24, 2.45) is 0 Å². The molecular weight excluding hydrogens is 243 g/mol. The highest BCUT2D eigenvalue weighted by molar-refractivity contribution is 6.30. The summed E-state index contributed by atoms with van der Waals surface area (Å²) in [5, 5.41) is 2.46. The highest BCUT2D eigenvalue weighted by atomic mass is 35.5. The maximum Gasteiger partial charge on any atom is 0.167 e. The third-order valence-electron chi connectivity index (χ3n) is 2.40. The second kappa shape index (κ2) is 4.61. The van der Waals surface area contributed by atoms with Crippen molar-refractivity contribution in [1.29, 1.82) is 0 Å². The zero-order valence-corrected chi connectivity index (χ0v) is 8.95. The van der Waals surface area contributed by atoms with Gasteiger partial charge in [0.1, 0.15) is 6.10 Å². The topological polar surface area (TPSA) is 21.3 Å². The van der Waals surface area contributed by atoms with Crippen LogP contribution in [0.25, 0.3) is 0 Å². The van der Waals surface area contributed by atoms with E-state index in [1.54, 1.807) is 0 Å². The van der Waals surface area contributed by atoms with Gasteiger partial charge in [0.25, 0.3) is 0 Å². The lowest BCUT2D eigenvalue weighted by molar-refractivity contribution is 0.0228. The van der Waals surface area contributed by atoms with Gasteiger partial charge in [-0.1, -0.05) is 11.6 Å². The summed E-state index contributed by atoms with van der Waals surface area (Å²) in [5.74, 6) is -3.37. The zero-order valence-electron chi connectivity index (χ0n) is 8.20. The summed E-state index contributed by atoms with van der Waals surface area (Å²) in [6, 6.07) is 0.617. The molecule has 1 N–H and O–H groups in total. The standard InChI is InChI=1S/C10H9ClF3NO/c11-5-3-6(12)10(14)8(9(5)13)7-4-15-1-2-16-7/h3,7,15H,1-2,4H2. The minimum absolute atomic E-state index is 0.230. The van der Waals surface area contributed by atoms with Gasteiger partial charge in [0.15, 0.2) is 17.5 Å². The molecule has 0 aromatic heterocycles. The van der Waals surface area contributed by atoms with Crippen molar-refractivity contribution in [3.8, 4) is 0 Å². The second-order valence-electron chi connectivity index (χ2n) is 3.45. The Morgan fingerprint density at radius 2 is 2.06 bits per heavy atom. The quantitative estimate of drug-likeness (QED) is 0.774. The normalized spacial score (nSPS) is 21.1. The lowest BCUT2D eigenvalue weighted by atomic mass is 10.1. The van der Waals surface area contributed by atoms with Crippen LogP contribution in [-0.2, 0) is 4.74 Å². The first-order valence-corrected chi connectivity index (χ1v) is 5.14. The first-order valence-electron chi connectivity index (χ1n) is 4.76. The van der Waals surface area contributed by atoms with Crippen molar-refractivity contribution >= 4 is 11.6 Å². The van der Waals surface area contributed by atoms with Crippen LogP contribution in [0.4, 0.5) is 13.2 Å². The molecule has 1 atom stereocenters. The molecule has 6 heteroatoms. The van der Waals surface area contributed by atoms with Gasteiger partial charge in [0.05, 0.1) is 17.2 Å². The van der Waals surface area contributed by atoms with Gasteiger partial charge in [-0.2, -0.15) is 0 Å². The lowest BCUT2D eigenvalue weighted by Gasteiger charge is -2.24. The van der Waals surface area contributed by atoms with Crippen LogP contribution in [0.5, 0.6) is 0 Å². The van der Waals surface area contributed by atoms with E-state index in [4.69, 9.17) is 16.3 Å². The van der Waals surface area contributed by atoms with Crippen molar-refractivity contribution in [2.45, 2.75) is 6.10 Å². The van der Waals surface area contributed by atoms with Crippen LogP contribution < -0.4 is 5.32 Å². The summed E-state index contributed by atoms with van der Waals surface area (Å²) in [7, 11) is 0. The molecule has 0 saturated carbocycles. The van der Waals surface area contributed by atoms with Crippen LogP contribution in [-0.4, -0.2) is 19.7 Å². The fourth-order valence-electron chi connectivity index (χ4n) is 1.63. The zero-order chi connectivity index (χ0) is 11.7. The third kappa shape index (κ3) is 2.03. The van der Waals surface area contributed by atoms with Crippen molar-refractivity contribution in [1.82, 2.24) is 5.32 Å². The number of hydrogen-bond acceptors (Lipinski definition) is 2. The van der Waals surface area contributed by atoms with Crippen LogP contribution in [0, 0.1) is 17.5 Å². The largest absolute Gasteiger partial charge is 0.371 e. The molecule has 0 spiro atoms. The number of hydrogen-bond donors (Lipinski definition) is 1. The highest BCUT2D eigenvalue weighted by Gasteiger charge is 2.27. The Kier molecular flexibility index (Phi) is 3.37. The summed E-state index contributed by atoms with van der Waals surface area (Å²) < 4.78 is 45.3. The fraction of sp³-hybridized carbons (Fsp3) is 0.400. The van der Waals surface area contributed by atoms with Gasteiger partial charge >= 0.3 is 0 Å². The van der Waals surface area contributed by atoms with Crippen LogP contribution in [0.15, 0.2) is 6.07 Å². The van der Waals surface area contributed by atoms with Gasteiger partial charge in [-0.15, -0.1) is 0 Å². The Hall–Kier alpha value is -0.780. The summed E-state index contributed by atoms with van der Waals surface area (Å²) in [6.45, 7) is 1.15. The van der Waals surface area contributed by atoms with E-state index in [1.807, 2.05) is 0 Å². The first-order chi connectivity index (χ1) is 7.61. The minimum atomic E-state index is -1.24. The van der Waals surface area contributed by atoms with Crippen LogP contribution in [0.2, 0.25) is 5.02 Å². The molecule has 1 aliphatic heterocycles. The average Bonchev–Trinajstić information content (AvgIpc) is 2.28. The van der Waals surface area contributed by atoms with Gasteiger partial charge in [-0.25, -0.2) is 13.2 Å². The molecule has 0 radical (unpaired) electrons. The fourth-order valence-corrected chi connectivity index (χ4v) is 1.82. The van der Waals surface area contributed by atoms with E-state index in [1.165, 1.54) is 0 Å². The molecule has 1 fully saturated rings. The average molecular weight is 252 g/mol. The van der Waals surface area contributed by atoms with E-state index in [0.717, 1.165) is 0 Å². The maximum atomic E-state index is 13.6. The van der Waals surface area contributed by atoms with Crippen molar-refractivity contribution < 1.29 is 17.9 Å². The van der Waals surface area contributed by atoms with E-state index in [0.29, 0.717) is 19.2 Å². The molecule has 0 amide bonds. The van der Waals surface area contributed by atoms with Crippen LogP contribution in [0.3, 0.4) is 0 Å². The summed E-state index contributed by atoms with van der Waals surface area (Å²) in [4.78, 5) is 0. The maximum absolute atomic E-state index is 13.6. The van der Waals surface area contributed by atoms with E-state index >= 15 is 0 Å². The van der Waals surface area contributed by atoms with Gasteiger partial charge in [-0.3, -0.25) is 0 Å². The van der Waals surface area contributed by atoms with E-state index in [-0.39, 0.29) is 6.54 Å². The number of ether oxygens (including phenoxy) is 1. The number of nitrogens with one attached hydrogen (secondary N) is 1. The predicted molar refractivity (Wildman–Crippen MR) is 52.9 cm³/mol. The summed E-state index contributed by atoms with van der Waals surface area (Å²) >= 11 is 5.45. The van der Waals surface area contributed by atoms with Crippen LogP contribution >= 0.6 is 11.6 Å². The Bertz CT molecular complexity index is 381. The predicted octanol–water partition coefficient (Wildman–Crippen LogP) is 2.42. The van der Waals surface area contributed by atoms with E-state index in [2.05, 4.69) is 5.32 Å². The van der Waals surface area contributed by atoms with Crippen molar-refractivity contribution in [3.05, 3.63) is 34.1 Å². The van der Waals surface area contributed by atoms with Gasteiger partial charge in [0.2, 0.25) is 0 Å². The first kappa shape index (κ1) is 11.7. The second-order valence-corrected chi connectivity index (χ2v) is 3.85. The SMILES string of the molecule is Fc1cc(Cl)c(F)c(C2CNCCO2)c1F. The Morgan fingerprint density at radius 1 is 1.31 bits per heavy atom. The minimum Gasteiger partial charge on any atom is -0.371 e. The Balaban J connectivity index is 2.45. The molecule has 2 rings (SSSR count). The monoisotopic (exact) mass is 251 g/mol. The molecule has 2 nitrogen and oxygen atoms in total. The molecule has 0 aliphatic carbocycles. The smallest absolute Gasteiger partial charge is 0.167 e. The number of rotatable bonds is 1. The van der Waals surface area contributed by atoms with Crippen molar-refractivity contribution in [2.75, 3.05) is 19.7 Å². The molecule has 1 unspecified atom stereocenters. The molecule has 1 saturated heterocycles. The van der Waals surface area contributed by atoms with E-state index < -0.39 is 34.1 Å². The number of halogens is 4. The molecule has 1 heterocycles. The van der Waals surface area contributed by atoms with Crippen molar-refractivity contribution in [3.63, 3.8) is 0 Å². The van der Waals surface area contributed by atoms with E-state index in [9.17, 15) is 13.2 Å². The molecule has 88 valence electrons. The van der Waals surface area contributed by atoms with Gasteiger partial charge in [-0.05, 0) is 6.07 Å². The summed E-state index contributed by atoms with van der Waals surface area (Å²) in [6.07, 6.45) is -0.845.